The number of aliphatic hydroxyl groups is 1. The molecule has 1 amide bonds. The Morgan fingerprint density at radius 1 is 1.27 bits per heavy atom. The van der Waals surface area contributed by atoms with E-state index in [1.165, 1.54) is 0 Å². The highest BCUT2D eigenvalue weighted by Crippen LogP contribution is 2.27. The third kappa shape index (κ3) is 11.9. The lowest BCUT2D eigenvalue weighted by molar-refractivity contribution is -0.117. The number of ketones is 1. The van der Waals surface area contributed by atoms with Gasteiger partial charge in [-0.2, -0.15) is 0 Å². The number of carbonyl (C=O) groups excluding carboxylic acids is 2. The monoisotopic (exact) mass is 441 g/mol. The molecule has 30 heavy (non-hydrogen) atoms. The third-order valence-electron chi connectivity index (χ3n) is 4.80. The average Bonchev–Trinajstić information content (AvgIpc) is 3.00. The first-order valence-corrected chi connectivity index (χ1v) is 12.5. The molecule has 0 heterocycles. The Morgan fingerprint density at radius 3 is 2.73 bits per heavy atom. The van der Waals surface area contributed by atoms with Crippen LogP contribution in [0.3, 0.4) is 0 Å². The highest BCUT2D eigenvalue weighted by molar-refractivity contribution is 7.89. The summed E-state index contributed by atoms with van der Waals surface area (Å²) in [7, 11) is -3.60. The number of carbonyl (C=O) groups is 2. The van der Waals surface area contributed by atoms with E-state index in [2.05, 4.69) is 6.92 Å². The van der Waals surface area contributed by atoms with Crippen LogP contribution < -0.4 is 4.72 Å². The summed E-state index contributed by atoms with van der Waals surface area (Å²) in [5.41, 5.74) is 0. The first kappa shape index (κ1) is 26.1. The van der Waals surface area contributed by atoms with Crippen LogP contribution in [0.5, 0.6) is 0 Å². The summed E-state index contributed by atoms with van der Waals surface area (Å²) < 4.78 is 28.2. The maximum Gasteiger partial charge on any atom is 0.420 e. The minimum absolute atomic E-state index is 0.0183. The second-order valence-electron chi connectivity index (χ2n) is 7.61. The fourth-order valence-corrected chi connectivity index (χ4v) is 3.51. The van der Waals surface area contributed by atoms with Crippen molar-refractivity contribution in [2.75, 3.05) is 12.9 Å². The number of allylic oxidation sites excluding steroid dienone is 5. The second kappa shape index (κ2) is 14.1. The lowest BCUT2D eigenvalue weighted by Crippen LogP contribution is -2.30. The zero-order valence-corrected chi connectivity index (χ0v) is 18.8. The van der Waals surface area contributed by atoms with Crippen molar-refractivity contribution in [2.45, 2.75) is 64.4 Å². The Balaban J connectivity index is 2.25. The van der Waals surface area contributed by atoms with Gasteiger partial charge in [0, 0.05) is 11.8 Å². The number of hydrogen-bond donors (Lipinski definition) is 2. The fraction of sp³-hybridized carbons (Fsp3) is 0.636. The van der Waals surface area contributed by atoms with Crippen LogP contribution in [0.4, 0.5) is 4.79 Å². The number of aliphatic hydroxyl groups excluding tert-OH is 1. The van der Waals surface area contributed by atoms with Crippen LogP contribution in [0.25, 0.3) is 0 Å². The number of sulfonamides is 1. The molecule has 0 saturated carbocycles. The summed E-state index contributed by atoms with van der Waals surface area (Å²) >= 11 is 0. The molecule has 2 N–H and O–H groups in total. The molecule has 0 saturated heterocycles. The Morgan fingerprint density at radius 2 is 2.03 bits per heavy atom. The normalized spacial score (nSPS) is 20.3. The summed E-state index contributed by atoms with van der Waals surface area (Å²) in [5.74, 6) is 0.00755. The summed E-state index contributed by atoms with van der Waals surface area (Å²) in [6, 6.07) is 0. The summed E-state index contributed by atoms with van der Waals surface area (Å²) in [4.78, 5) is 23.3. The van der Waals surface area contributed by atoms with E-state index in [-0.39, 0.29) is 24.2 Å². The summed E-state index contributed by atoms with van der Waals surface area (Å²) in [6.45, 7) is 2.28. The molecule has 0 fully saturated rings. The molecule has 1 aliphatic carbocycles. The molecule has 0 aliphatic heterocycles. The topological polar surface area (TPSA) is 110 Å². The van der Waals surface area contributed by atoms with E-state index in [9.17, 15) is 23.1 Å². The molecule has 8 heteroatoms. The Hall–Kier alpha value is -1.93. The van der Waals surface area contributed by atoms with Crippen molar-refractivity contribution >= 4 is 21.9 Å². The molecular formula is C22H35NO6S. The first-order chi connectivity index (χ1) is 14.2. The van der Waals surface area contributed by atoms with Crippen LogP contribution >= 0.6 is 0 Å². The smallest absolute Gasteiger partial charge is 0.420 e. The van der Waals surface area contributed by atoms with E-state index < -0.39 is 22.2 Å². The van der Waals surface area contributed by atoms with E-state index in [1.807, 2.05) is 24.3 Å². The van der Waals surface area contributed by atoms with Crippen LogP contribution in [0.15, 0.2) is 36.5 Å². The van der Waals surface area contributed by atoms with Crippen LogP contribution in [-0.2, 0) is 19.6 Å². The third-order valence-corrected chi connectivity index (χ3v) is 5.33. The lowest BCUT2D eigenvalue weighted by Gasteiger charge is -2.13. The highest BCUT2D eigenvalue weighted by atomic mass is 32.2. The molecule has 0 aromatic carbocycles. The number of hydrogen-bond acceptors (Lipinski definition) is 6. The molecule has 3 atom stereocenters. The molecule has 170 valence electrons. The maximum atomic E-state index is 12.1. The van der Waals surface area contributed by atoms with Gasteiger partial charge in [0.25, 0.3) is 0 Å². The molecule has 1 rings (SSSR count). The minimum Gasteiger partial charge on any atom is -0.449 e. The number of amides is 1. The quantitative estimate of drug-likeness (QED) is 0.314. The zero-order chi connectivity index (χ0) is 22.4. The van der Waals surface area contributed by atoms with Crippen molar-refractivity contribution in [3.8, 4) is 0 Å². The molecule has 0 bridgehead atoms. The summed E-state index contributed by atoms with van der Waals surface area (Å²) in [6.07, 6.45) is 17.5. The van der Waals surface area contributed by atoms with E-state index in [0.29, 0.717) is 12.8 Å². The predicted molar refractivity (Wildman–Crippen MR) is 117 cm³/mol. The molecule has 0 aromatic heterocycles. The van der Waals surface area contributed by atoms with Gasteiger partial charge in [0.2, 0.25) is 10.0 Å². The van der Waals surface area contributed by atoms with Gasteiger partial charge >= 0.3 is 6.09 Å². The maximum absolute atomic E-state index is 12.1. The minimum atomic E-state index is -3.60. The number of rotatable bonds is 14. The van der Waals surface area contributed by atoms with Gasteiger partial charge in [-0.1, -0.05) is 56.6 Å². The van der Waals surface area contributed by atoms with Gasteiger partial charge < -0.3 is 9.84 Å². The van der Waals surface area contributed by atoms with Gasteiger partial charge in [0.05, 0.1) is 19.0 Å². The van der Waals surface area contributed by atoms with E-state index in [1.54, 1.807) is 16.9 Å². The standard InChI is InChI=1S/C22H35NO6S/c1-3-4-8-11-19(24)15-13-18-14-16-21(25)20(18)12-9-6-5-7-10-17-29-22(26)23-30(2,27)28/h6,9,13-16,18-20,24H,3-5,7-8,10-12,17H2,1-2H3,(H,23,26)/t18-,19-,20+/m0/s1. The van der Waals surface area contributed by atoms with Crippen LogP contribution in [0.1, 0.15) is 58.3 Å². The molecule has 0 radical (unpaired) electrons. The van der Waals surface area contributed by atoms with E-state index in [4.69, 9.17) is 4.74 Å². The number of nitrogens with one attached hydrogen (secondary N) is 1. The van der Waals surface area contributed by atoms with E-state index in [0.717, 1.165) is 44.8 Å². The largest absolute Gasteiger partial charge is 0.449 e. The highest BCUT2D eigenvalue weighted by Gasteiger charge is 2.27. The van der Waals surface area contributed by atoms with Crippen molar-refractivity contribution in [3.63, 3.8) is 0 Å². The molecule has 1 aliphatic rings. The summed E-state index contributed by atoms with van der Waals surface area (Å²) in [5, 5.41) is 10.0. The first-order valence-electron chi connectivity index (χ1n) is 10.6. The zero-order valence-electron chi connectivity index (χ0n) is 18.0. The number of unbranched alkanes of at least 4 members (excludes halogenated alkanes) is 4. The second-order valence-corrected chi connectivity index (χ2v) is 9.35. The van der Waals surface area contributed by atoms with Crippen LogP contribution in [0.2, 0.25) is 0 Å². The molecule has 0 spiro atoms. The average molecular weight is 442 g/mol. The van der Waals surface area contributed by atoms with Crippen LogP contribution in [-0.4, -0.2) is 44.4 Å². The predicted octanol–water partition coefficient (Wildman–Crippen LogP) is 3.66. The van der Waals surface area contributed by atoms with E-state index >= 15 is 0 Å². The SMILES string of the molecule is CCCCC[C@H](O)C=C[C@H]1C=CC(=O)[C@@H]1CC=CCCCCOC(=O)NS(C)(=O)=O. The lowest BCUT2D eigenvalue weighted by atomic mass is 9.90. The molecule has 0 aromatic rings. The Bertz CT molecular complexity index is 726. The Labute approximate surface area is 180 Å². The van der Waals surface area contributed by atoms with Gasteiger partial charge in [0.15, 0.2) is 5.78 Å². The van der Waals surface area contributed by atoms with Gasteiger partial charge in [-0.15, -0.1) is 0 Å². The van der Waals surface area contributed by atoms with Crippen molar-refractivity contribution < 1.29 is 27.9 Å². The van der Waals surface area contributed by atoms with Gasteiger partial charge in [-0.3, -0.25) is 4.79 Å². The van der Waals surface area contributed by atoms with Crippen molar-refractivity contribution in [1.29, 1.82) is 0 Å². The molecular weight excluding hydrogens is 406 g/mol. The van der Waals surface area contributed by atoms with Gasteiger partial charge in [0.1, 0.15) is 0 Å². The Kier molecular flexibility index (Phi) is 12.3. The van der Waals surface area contributed by atoms with Gasteiger partial charge in [-0.25, -0.2) is 17.9 Å². The van der Waals surface area contributed by atoms with Crippen molar-refractivity contribution in [3.05, 3.63) is 36.5 Å². The van der Waals surface area contributed by atoms with Crippen molar-refractivity contribution in [1.82, 2.24) is 4.72 Å². The van der Waals surface area contributed by atoms with Crippen molar-refractivity contribution in [2.24, 2.45) is 11.8 Å². The molecule has 7 nitrogen and oxygen atoms in total. The number of ether oxygens (including phenoxy) is 1. The fourth-order valence-electron chi connectivity index (χ4n) is 3.15. The molecule has 0 unspecified atom stereocenters. The van der Waals surface area contributed by atoms with Gasteiger partial charge in [-0.05, 0) is 38.2 Å². The van der Waals surface area contributed by atoms with Crippen LogP contribution in [0, 0.1) is 11.8 Å².